The number of hydrogen-bond donors (Lipinski definition) is 0. The summed E-state index contributed by atoms with van der Waals surface area (Å²) in [5, 5.41) is 2.51. The van der Waals surface area contributed by atoms with Crippen LogP contribution in [0.4, 0.5) is 11.4 Å². The van der Waals surface area contributed by atoms with Gasteiger partial charge in [0.15, 0.2) is 5.78 Å². The topological polar surface area (TPSA) is 23.6 Å². The third-order valence-corrected chi connectivity index (χ3v) is 9.90. The van der Waals surface area contributed by atoms with Gasteiger partial charge in [0.2, 0.25) is 0 Å². The van der Waals surface area contributed by atoms with Crippen molar-refractivity contribution in [1.29, 1.82) is 0 Å². The molecule has 2 aromatic carbocycles. The van der Waals surface area contributed by atoms with E-state index >= 15 is 0 Å². The Hall–Kier alpha value is -2.59. The van der Waals surface area contributed by atoms with Crippen LogP contribution >= 0.6 is 0 Å². The standard InChI is InChI=1S/C25H30N2OSi/c1-5-13-26(14-6-2)19-9-11-21-23(17-19)29(3,4)24-18-20(27-15-7-8-16-27)10-12-22(24)25(21)28/h5-6,9-12,17-18H,1-2,7-8,13-16H2,3-4H3. The molecule has 4 heteroatoms. The second-order valence-electron chi connectivity index (χ2n) is 8.59. The largest absolute Gasteiger partial charge is 0.372 e. The molecule has 0 bridgehead atoms. The number of carbonyl (C=O) groups excluding carboxylic acids is 1. The fourth-order valence-electron chi connectivity index (χ4n) is 4.75. The van der Waals surface area contributed by atoms with Crippen molar-refractivity contribution in [3.05, 3.63) is 72.8 Å². The summed E-state index contributed by atoms with van der Waals surface area (Å²) in [6.45, 7) is 16.3. The van der Waals surface area contributed by atoms with Crippen LogP contribution in [-0.2, 0) is 0 Å². The average Bonchev–Trinajstić information content (AvgIpc) is 3.26. The van der Waals surface area contributed by atoms with E-state index in [1.165, 1.54) is 28.9 Å². The van der Waals surface area contributed by atoms with E-state index in [0.717, 1.165) is 43.0 Å². The van der Waals surface area contributed by atoms with Gasteiger partial charge in [-0.2, -0.15) is 0 Å². The number of rotatable bonds is 6. The van der Waals surface area contributed by atoms with E-state index in [-0.39, 0.29) is 5.78 Å². The van der Waals surface area contributed by atoms with Crippen molar-refractivity contribution in [2.24, 2.45) is 0 Å². The van der Waals surface area contributed by atoms with Gasteiger partial charge in [-0.25, -0.2) is 0 Å². The summed E-state index contributed by atoms with van der Waals surface area (Å²) in [4.78, 5) is 18.0. The SMILES string of the molecule is C=CCN(CC=C)c1ccc2c(c1)[Si](C)(C)c1cc(N3CCCC3)ccc1C2=O. The Bertz CT molecular complexity index is 963. The lowest BCUT2D eigenvalue weighted by molar-refractivity contribution is 0.104. The Kier molecular flexibility index (Phi) is 5.22. The van der Waals surface area contributed by atoms with Crippen molar-refractivity contribution < 1.29 is 4.79 Å². The molecule has 2 aliphatic rings. The first-order valence-electron chi connectivity index (χ1n) is 10.5. The molecular weight excluding hydrogens is 372 g/mol. The molecule has 2 aliphatic heterocycles. The third-order valence-electron chi connectivity index (χ3n) is 6.38. The van der Waals surface area contributed by atoms with Gasteiger partial charge in [0.1, 0.15) is 8.07 Å². The highest BCUT2D eigenvalue weighted by atomic mass is 28.3. The normalized spacial score (nSPS) is 16.9. The van der Waals surface area contributed by atoms with Crippen LogP contribution in [0, 0.1) is 0 Å². The molecule has 0 amide bonds. The Labute approximate surface area is 175 Å². The van der Waals surface area contributed by atoms with E-state index in [9.17, 15) is 4.79 Å². The minimum absolute atomic E-state index is 0.167. The Morgan fingerprint density at radius 3 is 2.17 bits per heavy atom. The number of ketones is 1. The lowest BCUT2D eigenvalue weighted by atomic mass is 10.0. The molecule has 0 spiro atoms. The van der Waals surface area contributed by atoms with Crippen molar-refractivity contribution in [1.82, 2.24) is 0 Å². The highest BCUT2D eigenvalue weighted by Crippen LogP contribution is 2.27. The van der Waals surface area contributed by atoms with Gasteiger partial charge in [-0.3, -0.25) is 4.79 Å². The number of fused-ring (bicyclic) bond motifs is 2. The van der Waals surface area contributed by atoms with Crippen LogP contribution in [0.1, 0.15) is 28.8 Å². The molecule has 150 valence electrons. The van der Waals surface area contributed by atoms with Crippen LogP contribution in [0.3, 0.4) is 0 Å². The summed E-state index contributed by atoms with van der Waals surface area (Å²) >= 11 is 0. The van der Waals surface area contributed by atoms with E-state index < -0.39 is 8.07 Å². The van der Waals surface area contributed by atoms with Gasteiger partial charge >= 0.3 is 0 Å². The van der Waals surface area contributed by atoms with Crippen LogP contribution in [-0.4, -0.2) is 40.0 Å². The molecule has 0 unspecified atom stereocenters. The van der Waals surface area contributed by atoms with Gasteiger partial charge in [0.05, 0.1) is 0 Å². The van der Waals surface area contributed by atoms with Crippen molar-refractivity contribution in [2.75, 3.05) is 36.0 Å². The van der Waals surface area contributed by atoms with Crippen LogP contribution in [0.25, 0.3) is 0 Å². The Morgan fingerprint density at radius 1 is 0.966 bits per heavy atom. The number of anilines is 2. The first-order valence-corrected chi connectivity index (χ1v) is 13.5. The predicted octanol–water partition coefficient (Wildman–Crippen LogP) is 3.83. The van der Waals surface area contributed by atoms with Gasteiger partial charge in [-0.1, -0.05) is 25.2 Å². The first-order chi connectivity index (χ1) is 14.0. The zero-order chi connectivity index (χ0) is 20.6. The summed E-state index contributed by atoms with van der Waals surface area (Å²) in [6.07, 6.45) is 6.33. The van der Waals surface area contributed by atoms with Crippen molar-refractivity contribution in [3.63, 3.8) is 0 Å². The molecule has 4 rings (SSSR count). The van der Waals surface area contributed by atoms with E-state index in [2.05, 4.69) is 66.4 Å². The van der Waals surface area contributed by atoms with Crippen LogP contribution in [0.2, 0.25) is 13.1 Å². The minimum Gasteiger partial charge on any atom is -0.372 e. The minimum atomic E-state index is -2.00. The maximum Gasteiger partial charge on any atom is 0.192 e. The van der Waals surface area contributed by atoms with E-state index in [1.807, 2.05) is 18.2 Å². The average molecular weight is 403 g/mol. The molecular formula is C25H30N2OSi. The molecule has 0 atom stereocenters. The Balaban J connectivity index is 1.80. The summed E-state index contributed by atoms with van der Waals surface area (Å²) in [5.41, 5.74) is 4.19. The summed E-state index contributed by atoms with van der Waals surface area (Å²) in [6, 6.07) is 12.9. The predicted molar refractivity (Wildman–Crippen MR) is 127 cm³/mol. The van der Waals surface area contributed by atoms with E-state index in [1.54, 1.807) is 0 Å². The summed E-state index contributed by atoms with van der Waals surface area (Å²) in [5.74, 6) is 0.167. The molecule has 0 aromatic heterocycles. The molecule has 2 heterocycles. The van der Waals surface area contributed by atoms with Gasteiger partial charge < -0.3 is 9.80 Å². The molecule has 1 saturated heterocycles. The zero-order valence-electron chi connectivity index (χ0n) is 17.6. The second kappa shape index (κ2) is 7.67. The fourth-order valence-corrected chi connectivity index (χ4v) is 7.80. The molecule has 3 nitrogen and oxygen atoms in total. The molecule has 1 fully saturated rings. The summed E-state index contributed by atoms with van der Waals surface area (Å²) < 4.78 is 0. The van der Waals surface area contributed by atoms with E-state index in [0.29, 0.717) is 0 Å². The smallest absolute Gasteiger partial charge is 0.192 e. The lowest BCUT2D eigenvalue weighted by Crippen LogP contribution is -2.60. The van der Waals surface area contributed by atoms with Crippen molar-refractivity contribution >= 4 is 35.6 Å². The molecule has 0 N–H and O–H groups in total. The van der Waals surface area contributed by atoms with Crippen LogP contribution in [0.15, 0.2) is 61.7 Å². The molecule has 0 saturated carbocycles. The van der Waals surface area contributed by atoms with Gasteiger partial charge in [0, 0.05) is 48.7 Å². The number of hydrogen-bond acceptors (Lipinski definition) is 3. The Morgan fingerprint density at radius 2 is 1.55 bits per heavy atom. The van der Waals surface area contributed by atoms with Crippen LogP contribution < -0.4 is 20.2 Å². The molecule has 2 aromatic rings. The van der Waals surface area contributed by atoms with E-state index in [4.69, 9.17) is 0 Å². The highest BCUT2D eigenvalue weighted by molar-refractivity contribution is 7.02. The quantitative estimate of drug-likeness (QED) is 0.542. The zero-order valence-corrected chi connectivity index (χ0v) is 18.6. The fraction of sp³-hybridized carbons (Fsp3) is 0.320. The van der Waals surface area contributed by atoms with Gasteiger partial charge in [-0.05, 0) is 59.6 Å². The first kappa shape index (κ1) is 19.7. The van der Waals surface area contributed by atoms with Crippen molar-refractivity contribution in [2.45, 2.75) is 25.9 Å². The molecule has 29 heavy (non-hydrogen) atoms. The highest BCUT2D eigenvalue weighted by Gasteiger charge is 2.39. The maximum atomic E-state index is 13.3. The molecule has 0 aliphatic carbocycles. The monoisotopic (exact) mass is 402 g/mol. The lowest BCUT2D eigenvalue weighted by Gasteiger charge is -2.35. The van der Waals surface area contributed by atoms with Gasteiger partial charge in [-0.15, -0.1) is 13.2 Å². The van der Waals surface area contributed by atoms with Crippen molar-refractivity contribution in [3.8, 4) is 0 Å². The van der Waals surface area contributed by atoms with Crippen LogP contribution in [0.5, 0.6) is 0 Å². The molecule has 0 radical (unpaired) electrons. The summed E-state index contributed by atoms with van der Waals surface area (Å²) in [7, 11) is -2.00. The number of nitrogens with zero attached hydrogens (tertiary/aromatic N) is 2. The maximum absolute atomic E-state index is 13.3. The third kappa shape index (κ3) is 3.36. The number of carbonyl (C=O) groups is 1. The number of benzene rings is 2. The second-order valence-corrected chi connectivity index (χ2v) is 12.9. The van der Waals surface area contributed by atoms with Gasteiger partial charge in [0.25, 0.3) is 0 Å².